The van der Waals surface area contributed by atoms with E-state index in [9.17, 15) is 9.90 Å². The molecule has 4 atom stereocenters. The van der Waals surface area contributed by atoms with Crippen LogP contribution in [0.1, 0.15) is 44.9 Å². The molecule has 0 spiro atoms. The summed E-state index contributed by atoms with van der Waals surface area (Å²) in [5, 5.41) is 19.7. The number of aliphatic carboxylic acids is 1. The molecule has 0 radical (unpaired) electrons. The Balaban J connectivity index is 1.65. The summed E-state index contributed by atoms with van der Waals surface area (Å²) in [4.78, 5) is 11.0. The molecule has 8 nitrogen and oxygen atoms in total. The summed E-state index contributed by atoms with van der Waals surface area (Å²) in [7, 11) is 0. The first kappa shape index (κ1) is 20.3. The Hall–Kier alpha value is -1.97. The van der Waals surface area contributed by atoms with Crippen LogP contribution in [-0.4, -0.2) is 59.3 Å². The van der Waals surface area contributed by atoms with E-state index < -0.39 is 42.0 Å². The van der Waals surface area contributed by atoms with Crippen LogP contribution in [0.4, 0.5) is 0 Å². The van der Waals surface area contributed by atoms with Crippen molar-refractivity contribution >= 4 is 12.0 Å². The van der Waals surface area contributed by atoms with Crippen LogP contribution in [0.15, 0.2) is 23.8 Å². The van der Waals surface area contributed by atoms with Gasteiger partial charge in [-0.25, -0.2) is 4.79 Å². The maximum absolute atomic E-state index is 11.0. The van der Waals surface area contributed by atoms with Crippen molar-refractivity contribution < 1.29 is 38.7 Å². The largest absolute Gasteiger partial charge is 0.508 e. The standard InChI is InChI=1S/C21H26O8/c1-11(19(23)24)9-12-5-6-13(14(22)10-12)15-16-17(29-20(2,3)28-16)18(27-15)21(4)25-7-8-26-21/h5-6,9-10,15-18,22H,7-8H2,1-4H3,(H,23,24)/b11-9+/t15-,16-,17-,18-/m0/s1. The van der Waals surface area contributed by atoms with Crippen LogP contribution >= 0.6 is 0 Å². The highest BCUT2D eigenvalue weighted by Crippen LogP contribution is 2.50. The second kappa shape index (κ2) is 7.07. The molecule has 3 aliphatic heterocycles. The smallest absolute Gasteiger partial charge is 0.331 e. The second-order valence-electron chi connectivity index (χ2n) is 8.21. The third-order valence-corrected chi connectivity index (χ3v) is 5.51. The van der Waals surface area contributed by atoms with Crippen LogP contribution < -0.4 is 0 Å². The van der Waals surface area contributed by atoms with Crippen LogP contribution in [0, 0.1) is 0 Å². The van der Waals surface area contributed by atoms with Gasteiger partial charge < -0.3 is 33.9 Å². The van der Waals surface area contributed by atoms with Gasteiger partial charge in [0, 0.05) is 11.1 Å². The minimum atomic E-state index is -1.01. The number of carboxylic acid groups (broad SMARTS) is 1. The number of hydrogen-bond acceptors (Lipinski definition) is 7. The average Bonchev–Trinajstić information content (AvgIpc) is 3.28. The summed E-state index contributed by atoms with van der Waals surface area (Å²) >= 11 is 0. The Morgan fingerprint density at radius 2 is 1.79 bits per heavy atom. The lowest BCUT2D eigenvalue weighted by Crippen LogP contribution is -2.48. The number of hydrogen-bond donors (Lipinski definition) is 2. The van der Waals surface area contributed by atoms with Crippen LogP contribution in [0.3, 0.4) is 0 Å². The number of benzene rings is 1. The SMILES string of the molecule is C/C(=C\c1ccc([C@@H]2O[C@H](C3(C)OCCO3)[C@H]3OC(C)(C)O[C@H]32)c(O)c1)C(=O)O. The zero-order valence-corrected chi connectivity index (χ0v) is 16.9. The zero-order chi connectivity index (χ0) is 21.0. The molecule has 3 saturated heterocycles. The van der Waals surface area contributed by atoms with Gasteiger partial charge in [0.2, 0.25) is 0 Å². The monoisotopic (exact) mass is 406 g/mol. The van der Waals surface area contributed by atoms with Crippen molar-refractivity contribution in [3.63, 3.8) is 0 Å². The van der Waals surface area contributed by atoms with Crippen molar-refractivity contribution in [2.75, 3.05) is 13.2 Å². The van der Waals surface area contributed by atoms with Crippen molar-refractivity contribution in [1.29, 1.82) is 0 Å². The quantitative estimate of drug-likeness (QED) is 0.736. The molecule has 1 aromatic rings. The van der Waals surface area contributed by atoms with Crippen LogP contribution in [0.5, 0.6) is 5.75 Å². The van der Waals surface area contributed by atoms with Crippen molar-refractivity contribution in [2.45, 2.75) is 63.7 Å². The number of ether oxygens (including phenoxy) is 5. The first-order valence-corrected chi connectivity index (χ1v) is 9.63. The van der Waals surface area contributed by atoms with E-state index in [0.29, 0.717) is 24.3 Å². The molecule has 1 aromatic carbocycles. The Bertz CT molecular complexity index is 839. The van der Waals surface area contributed by atoms with E-state index in [0.717, 1.165) is 0 Å². The van der Waals surface area contributed by atoms with Crippen molar-refractivity contribution in [3.05, 3.63) is 34.9 Å². The van der Waals surface area contributed by atoms with Crippen LogP contribution in [-0.2, 0) is 28.5 Å². The molecule has 29 heavy (non-hydrogen) atoms. The maximum atomic E-state index is 11.0. The highest BCUT2D eigenvalue weighted by atomic mass is 16.8. The summed E-state index contributed by atoms with van der Waals surface area (Å²) in [5.74, 6) is -2.78. The highest BCUT2D eigenvalue weighted by Gasteiger charge is 2.62. The van der Waals surface area contributed by atoms with Crippen LogP contribution in [0.2, 0.25) is 0 Å². The predicted octanol–water partition coefficient (Wildman–Crippen LogP) is 2.60. The molecule has 3 fully saturated rings. The summed E-state index contributed by atoms with van der Waals surface area (Å²) in [6, 6.07) is 4.96. The fourth-order valence-electron chi connectivity index (χ4n) is 4.17. The zero-order valence-electron chi connectivity index (χ0n) is 16.9. The normalized spacial score (nSPS) is 33.0. The van der Waals surface area contributed by atoms with Crippen molar-refractivity contribution in [2.24, 2.45) is 0 Å². The molecular weight excluding hydrogens is 380 g/mol. The Morgan fingerprint density at radius 1 is 1.14 bits per heavy atom. The fourth-order valence-corrected chi connectivity index (χ4v) is 4.17. The van der Waals surface area contributed by atoms with Gasteiger partial charge in [0.1, 0.15) is 30.2 Å². The molecule has 0 bridgehead atoms. The number of carboxylic acids is 1. The minimum Gasteiger partial charge on any atom is -0.508 e. The Morgan fingerprint density at radius 3 is 2.41 bits per heavy atom. The lowest BCUT2D eigenvalue weighted by atomic mass is 9.97. The average molecular weight is 406 g/mol. The predicted molar refractivity (Wildman–Crippen MR) is 101 cm³/mol. The van der Waals surface area contributed by atoms with Gasteiger partial charge in [-0.3, -0.25) is 0 Å². The van der Waals surface area contributed by atoms with E-state index >= 15 is 0 Å². The van der Waals surface area contributed by atoms with Gasteiger partial charge in [0.05, 0.1) is 13.2 Å². The summed E-state index contributed by atoms with van der Waals surface area (Å²) in [6.45, 7) is 7.93. The minimum absolute atomic E-state index is 0.00643. The molecule has 0 unspecified atom stereocenters. The molecule has 3 aliphatic rings. The molecular formula is C21H26O8. The maximum Gasteiger partial charge on any atom is 0.331 e. The second-order valence-corrected chi connectivity index (χ2v) is 8.21. The first-order chi connectivity index (χ1) is 13.6. The lowest BCUT2D eigenvalue weighted by molar-refractivity contribution is -0.259. The molecule has 0 amide bonds. The number of phenols is 1. The number of carbonyl (C=O) groups is 1. The van der Waals surface area contributed by atoms with Gasteiger partial charge in [0.25, 0.3) is 0 Å². The van der Waals surface area contributed by atoms with E-state index in [1.807, 2.05) is 20.8 Å². The lowest BCUT2D eigenvalue weighted by Gasteiger charge is -2.33. The highest BCUT2D eigenvalue weighted by molar-refractivity contribution is 5.91. The van der Waals surface area contributed by atoms with Crippen molar-refractivity contribution in [3.8, 4) is 5.75 Å². The number of aromatic hydroxyl groups is 1. The molecule has 3 heterocycles. The fraction of sp³-hybridized carbons (Fsp3) is 0.571. The molecule has 4 rings (SSSR count). The van der Waals surface area contributed by atoms with Crippen LogP contribution in [0.25, 0.3) is 6.08 Å². The van der Waals surface area contributed by atoms with E-state index in [4.69, 9.17) is 28.8 Å². The van der Waals surface area contributed by atoms with Gasteiger partial charge in [-0.1, -0.05) is 12.1 Å². The van der Waals surface area contributed by atoms with E-state index in [1.54, 1.807) is 12.1 Å². The Kier molecular flexibility index (Phi) is 4.95. The molecule has 8 heteroatoms. The van der Waals surface area contributed by atoms with Crippen molar-refractivity contribution in [1.82, 2.24) is 0 Å². The number of phenolic OH excluding ortho intramolecular Hbond substituents is 1. The molecule has 158 valence electrons. The van der Waals surface area contributed by atoms with E-state index in [2.05, 4.69) is 0 Å². The molecule has 0 aromatic heterocycles. The number of rotatable bonds is 4. The van der Waals surface area contributed by atoms with Gasteiger partial charge in [-0.15, -0.1) is 0 Å². The Labute approximate surface area is 169 Å². The van der Waals surface area contributed by atoms with E-state index in [-0.39, 0.29) is 11.3 Å². The van der Waals surface area contributed by atoms with E-state index in [1.165, 1.54) is 19.1 Å². The summed E-state index contributed by atoms with van der Waals surface area (Å²) < 4.78 is 30.0. The van der Waals surface area contributed by atoms with Gasteiger partial charge in [0.15, 0.2) is 11.6 Å². The number of fused-ring (bicyclic) bond motifs is 1. The molecule has 0 saturated carbocycles. The third-order valence-electron chi connectivity index (χ3n) is 5.51. The topological polar surface area (TPSA) is 104 Å². The third kappa shape index (κ3) is 3.67. The molecule has 0 aliphatic carbocycles. The molecule has 2 N–H and O–H groups in total. The van der Waals surface area contributed by atoms with Gasteiger partial charge in [-0.2, -0.15) is 0 Å². The van der Waals surface area contributed by atoms with Gasteiger partial charge in [-0.05, 0) is 45.4 Å². The first-order valence-electron chi connectivity index (χ1n) is 9.63. The van der Waals surface area contributed by atoms with Gasteiger partial charge >= 0.3 is 5.97 Å². The summed E-state index contributed by atoms with van der Waals surface area (Å²) in [6.07, 6.45) is -0.504. The summed E-state index contributed by atoms with van der Waals surface area (Å²) in [5.41, 5.74) is 1.29.